The van der Waals surface area contributed by atoms with Gasteiger partial charge in [-0.1, -0.05) is 30.7 Å². The third-order valence-corrected chi connectivity index (χ3v) is 7.88. The largest absolute Gasteiger partial charge is 0.497 e. The lowest BCUT2D eigenvalue weighted by atomic mass is 9.80. The Hall–Kier alpha value is -2.29. The molecular weight excluding hydrogens is 440 g/mol. The number of nitrogens with one attached hydrogen (secondary N) is 1. The molecule has 0 bridgehead atoms. The number of carbonyl (C=O) groups is 1. The van der Waals surface area contributed by atoms with E-state index in [0.717, 1.165) is 11.3 Å². The van der Waals surface area contributed by atoms with E-state index in [4.69, 9.17) is 21.1 Å². The highest BCUT2D eigenvalue weighted by atomic mass is 35.5. The average Bonchev–Trinajstić information content (AvgIpc) is 2.78. The number of hydrogen-bond donors (Lipinski definition) is 1. The predicted molar refractivity (Wildman–Crippen MR) is 119 cm³/mol. The molecule has 1 heterocycles. The Morgan fingerprint density at radius 1 is 1.10 bits per heavy atom. The summed E-state index contributed by atoms with van der Waals surface area (Å²) in [5, 5.41) is 3.29. The van der Waals surface area contributed by atoms with E-state index in [2.05, 4.69) is 5.32 Å². The molecule has 1 amide bonds. The first-order valence-electron chi connectivity index (χ1n) is 9.94. The van der Waals surface area contributed by atoms with Crippen LogP contribution in [0.2, 0.25) is 5.02 Å². The van der Waals surface area contributed by atoms with Crippen LogP contribution >= 0.6 is 11.6 Å². The van der Waals surface area contributed by atoms with Gasteiger partial charge in [0.1, 0.15) is 16.4 Å². The van der Waals surface area contributed by atoms with Crippen molar-refractivity contribution in [1.82, 2.24) is 9.62 Å². The fourth-order valence-corrected chi connectivity index (χ4v) is 5.44. The van der Waals surface area contributed by atoms with E-state index in [-0.39, 0.29) is 29.6 Å². The summed E-state index contributed by atoms with van der Waals surface area (Å²) < 4.78 is 38.0. The third-order valence-electron chi connectivity index (χ3n) is 5.73. The molecule has 0 saturated carbocycles. The highest BCUT2D eigenvalue weighted by Gasteiger charge is 2.40. The van der Waals surface area contributed by atoms with E-state index in [9.17, 15) is 13.2 Å². The molecule has 0 unspecified atom stereocenters. The quantitative estimate of drug-likeness (QED) is 0.675. The first-order chi connectivity index (χ1) is 14.7. The zero-order valence-corrected chi connectivity index (χ0v) is 19.4. The second-order valence-corrected chi connectivity index (χ2v) is 10.1. The number of nitrogens with zero attached hydrogens (tertiary/aromatic N) is 1. The van der Waals surface area contributed by atoms with Gasteiger partial charge in [0.15, 0.2) is 0 Å². The molecule has 2 aromatic rings. The molecule has 2 aromatic carbocycles. The number of hydrogen-bond acceptors (Lipinski definition) is 5. The van der Waals surface area contributed by atoms with Gasteiger partial charge in [-0.15, -0.1) is 0 Å². The van der Waals surface area contributed by atoms with Crippen LogP contribution in [0.15, 0.2) is 47.4 Å². The Bertz CT molecular complexity index is 1030. The van der Waals surface area contributed by atoms with Crippen molar-refractivity contribution in [2.45, 2.75) is 31.2 Å². The molecule has 168 valence electrons. The molecule has 0 aliphatic carbocycles. The summed E-state index contributed by atoms with van der Waals surface area (Å²) in [4.78, 5) is 12.9. The van der Waals surface area contributed by atoms with Gasteiger partial charge in [0.05, 0.1) is 14.2 Å². The van der Waals surface area contributed by atoms with Crippen molar-refractivity contribution in [3.63, 3.8) is 0 Å². The lowest BCUT2D eigenvalue weighted by Gasteiger charge is -2.37. The van der Waals surface area contributed by atoms with Crippen LogP contribution in [0.3, 0.4) is 0 Å². The third kappa shape index (κ3) is 5.14. The maximum absolute atomic E-state index is 13.1. The number of carbonyl (C=O) groups excluding carboxylic acids is 1. The van der Waals surface area contributed by atoms with Crippen LogP contribution in [0, 0.1) is 5.41 Å². The summed E-state index contributed by atoms with van der Waals surface area (Å²) in [7, 11) is -0.762. The van der Waals surface area contributed by atoms with Crippen LogP contribution in [0.25, 0.3) is 0 Å². The number of sulfonamides is 1. The van der Waals surface area contributed by atoms with Crippen molar-refractivity contribution in [3.8, 4) is 11.5 Å². The monoisotopic (exact) mass is 466 g/mol. The normalized spacial score (nSPS) is 16.5. The summed E-state index contributed by atoms with van der Waals surface area (Å²) in [6, 6.07) is 12.0. The molecule has 31 heavy (non-hydrogen) atoms. The van der Waals surface area contributed by atoms with Crippen LogP contribution in [0.4, 0.5) is 0 Å². The number of rotatable bonds is 7. The summed E-state index contributed by atoms with van der Waals surface area (Å²) in [5.74, 6) is 0.919. The summed E-state index contributed by atoms with van der Waals surface area (Å²) in [6.45, 7) is 2.76. The molecule has 1 N–H and O–H groups in total. The van der Waals surface area contributed by atoms with E-state index in [1.54, 1.807) is 13.2 Å². The molecule has 3 rings (SSSR count). The molecule has 1 aliphatic heterocycles. The zero-order chi connectivity index (χ0) is 22.6. The molecule has 0 aromatic heterocycles. The Balaban J connectivity index is 1.64. The van der Waals surface area contributed by atoms with Gasteiger partial charge in [0.2, 0.25) is 15.9 Å². The van der Waals surface area contributed by atoms with Crippen LogP contribution in [-0.2, 0) is 21.4 Å². The highest BCUT2D eigenvalue weighted by Crippen LogP contribution is 2.36. The van der Waals surface area contributed by atoms with E-state index < -0.39 is 15.4 Å². The number of piperidine rings is 1. The molecule has 1 fully saturated rings. The van der Waals surface area contributed by atoms with Gasteiger partial charge in [0, 0.05) is 30.1 Å². The van der Waals surface area contributed by atoms with Crippen LogP contribution in [0.1, 0.15) is 25.3 Å². The average molecular weight is 467 g/mol. The maximum atomic E-state index is 13.1. The van der Waals surface area contributed by atoms with Gasteiger partial charge >= 0.3 is 0 Å². The number of benzene rings is 2. The summed E-state index contributed by atoms with van der Waals surface area (Å²) >= 11 is 6.01. The van der Waals surface area contributed by atoms with Crippen molar-refractivity contribution >= 4 is 27.5 Å². The molecule has 0 atom stereocenters. The SMILES string of the molecule is COc1ccc(CNC(=O)C2(C)CCN(S(=O)(=O)c3cc(Cl)ccc3OC)CC2)cc1. The number of ether oxygens (including phenoxy) is 2. The van der Waals surface area contributed by atoms with Gasteiger partial charge in [-0.05, 0) is 48.7 Å². The minimum atomic E-state index is -3.78. The fourth-order valence-electron chi connectivity index (χ4n) is 3.58. The van der Waals surface area contributed by atoms with Crippen molar-refractivity contribution in [1.29, 1.82) is 0 Å². The Morgan fingerprint density at radius 3 is 2.32 bits per heavy atom. The van der Waals surface area contributed by atoms with Crippen molar-refractivity contribution in [2.75, 3.05) is 27.3 Å². The van der Waals surface area contributed by atoms with E-state index >= 15 is 0 Å². The molecule has 1 aliphatic rings. The van der Waals surface area contributed by atoms with Gasteiger partial charge in [-0.3, -0.25) is 4.79 Å². The van der Waals surface area contributed by atoms with Gasteiger partial charge in [-0.25, -0.2) is 8.42 Å². The van der Waals surface area contributed by atoms with Crippen molar-refractivity contribution in [2.24, 2.45) is 5.41 Å². The first-order valence-corrected chi connectivity index (χ1v) is 11.8. The lowest BCUT2D eigenvalue weighted by molar-refractivity contribution is -0.132. The van der Waals surface area contributed by atoms with Gasteiger partial charge in [-0.2, -0.15) is 4.31 Å². The molecule has 0 spiro atoms. The Morgan fingerprint density at radius 2 is 1.74 bits per heavy atom. The van der Waals surface area contributed by atoms with E-state index in [0.29, 0.717) is 24.4 Å². The highest BCUT2D eigenvalue weighted by molar-refractivity contribution is 7.89. The molecular formula is C22H27ClN2O5S. The van der Waals surface area contributed by atoms with E-state index in [1.165, 1.54) is 23.5 Å². The van der Waals surface area contributed by atoms with Crippen molar-refractivity contribution < 1.29 is 22.7 Å². The lowest BCUT2D eigenvalue weighted by Crippen LogP contribution is -2.48. The topological polar surface area (TPSA) is 84.9 Å². The standard InChI is InChI=1S/C22H27ClN2O5S/c1-22(21(26)24-15-16-4-7-18(29-2)8-5-16)10-12-25(13-11-22)31(27,28)20-14-17(23)6-9-19(20)30-3/h4-9,14H,10-13,15H2,1-3H3,(H,24,26). The Kier molecular flexibility index (Phi) is 7.13. The van der Waals surface area contributed by atoms with Crippen LogP contribution < -0.4 is 14.8 Å². The summed E-state index contributed by atoms with van der Waals surface area (Å²) in [6.07, 6.45) is 0.840. The van der Waals surface area contributed by atoms with Crippen LogP contribution in [-0.4, -0.2) is 45.9 Å². The minimum absolute atomic E-state index is 0.0371. The molecule has 1 saturated heterocycles. The predicted octanol–water partition coefficient (Wildman–Crippen LogP) is 3.46. The first kappa shape index (κ1) is 23.4. The maximum Gasteiger partial charge on any atom is 0.246 e. The molecule has 7 nitrogen and oxygen atoms in total. The number of halogens is 1. The van der Waals surface area contributed by atoms with Gasteiger partial charge < -0.3 is 14.8 Å². The second-order valence-electron chi connectivity index (χ2n) is 7.79. The van der Waals surface area contributed by atoms with E-state index in [1.807, 2.05) is 31.2 Å². The van der Waals surface area contributed by atoms with Crippen LogP contribution in [0.5, 0.6) is 11.5 Å². The zero-order valence-electron chi connectivity index (χ0n) is 17.9. The minimum Gasteiger partial charge on any atom is -0.497 e. The smallest absolute Gasteiger partial charge is 0.246 e. The van der Waals surface area contributed by atoms with Gasteiger partial charge in [0.25, 0.3) is 0 Å². The van der Waals surface area contributed by atoms with Crippen molar-refractivity contribution in [3.05, 3.63) is 53.1 Å². The number of methoxy groups -OCH3 is 2. The Labute approximate surface area is 188 Å². The second kappa shape index (κ2) is 9.46. The molecule has 9 heteroatoms. The molecule has 0 radical (unpaired) electrons. The number of amides is 1. The fraction of sp³-hybridized carbons (Fsp3) is 0.409. The summed E-state index contributed by atoms with van der Waals surface area (Å²) in [5.41, 5.74) is 0.322.